The third-order valence-electron chi connectivity index (χ3n) is 3.61. The number of hydrogen-bond donors (Lipinski definition) is 2. The van der Waals surface area contributed by atoms with Crippen LogP contribution in [0.25, 0.3) is 0 Å². The molecule has 0 fully saturated rings. The van der Waals surface area contributed by atoms with Crippen molar-refractivity contribution in [2.45, 2.75) is 32.7 Å². The fourth-order valence-electron chi connectivity index (χ4n) is 2.36. The summed E-state index contributed by atoms with van der Waals surface area (Å²) in [7, 11) is 0. The highest BCUT2D eigenvalue weighted by Gasteiger charge is 2.17. The monoisotopic (exact) mass is 330 g/mol. The lowest BCUT2D eigenvalue weighted by atomic mass is 9.86. The maximum Gasteiger partial charge on any atom is 0.239 e. The first kappa shape index (κ1) is 17.4. The quantitative estimate of drug-likeness (QED) is 0.855. The van der Waals surface area contributed by atoms with Crippen molar-refractivity contribution < 1.29 is 4.79 Å². The lowest BCUT2D eigenvalue weighted by molar-refractivity contribution is -0.119. The fraction of sp³-hybridized carbons (Fsp3) is 0.316. The van der Waals surface area contributed by atoms with Crippen molar-refractivity contribution in [1.82, 2.24) is 5.32 Å². The van der Waals surface area contributed by atoms with Crippen LogP contribution in [0.4, 0.5) is 5.69 Å². The molecule has 0 aliphatic carbocycles. The summed E-state index contributed by atoms with van der Waals surface area (Å²) in [5.41, 5.74) is 3.13. The van der Waals surface area contributed by atoms with E-state index in [1.165, 1.54) is 5.56 Å². The van der Waals surface area contributed by atoms with Crippen molar-refractivity contribution in [3.63, 3.8) is 0 Å². The Kier molecular flexibility index (Phi) is 5.67. The van der Waals surface area contributed by atoms with Crippen molar-refractivity contribution >= 4 is 23.2 Å². The van der Waals surface area contributed by atoms with E-state index in [2.05, 4.69) is 37.5 Å². The third-order valence-corrected chi connectivity index (χ3v) is 3.98. The van der Waals surface area contributed by atoms with Crippen LogP contribution >= 0.6 is 11.6 Å². The molecule has 4 heteroatoms. The molecule has 0 saturated heterocycles. The predicted octanol–water partition coefficient (Wildman–Crippen LogP) is 4.37. The van der Waals surface area contributed by atoms with Gasteiger partial charge < -0.3 is 10.6 Å². The average molecular weight is 331 g/mol. The second-order valence-corrected chi connectivity index (χ2v) is 6.92. The van der Waals surface area contributed by atoms with E-state index in [4.69, 9.17) is 11.6 Å². The molecule has 0 radical (unpaired) electrons. The second-order valence-electron chi connectivity index (χ2n) is 6.52. The number of benzene rings is 2. The molecule has 23 heavy (non-hydrogen) atoms. The lowest BCUT2D eigenvalue weighted by Gasteiger charge is -2.23. The van der Waals surface area contributed by atoms with Crippen LogP contribution in [-0.2, 0) is 16.8 Å². The minimum absolute atomic E-state index is 0.0254. The normalized spacial score (nSPS) is 11.1. The minimum Gasteiger partial charge on any atom is -0.376 e. The van der Waals surface area contributed by atoms with E-state index in [0.29, 0.717) is 11.6 Å². The van der Waals surface area contributed by atoms with Crippen molar-refractivity contribution in [1.29, 1.82) is 0 Å². The molecule has 0 aromatic heterocycles. The Hall–Kier alpha value is -2.00. The molecule has 2 rings (SSSR count). The Bertz CT molecular complexity index is 677. The standard InChI is InChI=1S/C19H23ClN2O/c1-19(2,3)15-9-5-7-11-17(15)21-13-18(23)22-12-14-8-4-6-10-16(14)20/h4-11,21H,12-13H2,1-3H3,(H,22,23). The van der Waals surface area contributed by atoms with E-state index in [1.54, 1.807) is 0 Å². The molecule has 0 unspecified atom stereocenters. The molecule has 2 aromatic carbocycles. The Balaban J connectivity index is 1.92. The lowest BCUT2D eigenvalue weighted by Crippen LogP contribution is -2.30. The number of halogens is 1. The Morgan fingerprint density at radius 1 is 1.04 bits per heavy atom. The SMILES string of the molecule is CC(C)(C)c1ccccc1NCC(=O)NCc1ccccc1Cl. The molecule has 2 N–H and O–H groups in total. The number of hydrogen-bond acceptors (Lipinski definition) is 2. The molecule has 0 aliphatic heterocycles. The highest BCUT2D eigenvalue weighted by molar-refractivity contribution is 6.31. The Morgan fingerprint density at radius 3 is 2.39 bits per heavy atom. The maximum absolute atomic E-state index is 12.0. The molecular formula is C19H23ClN2O. The zero-order valence-electron chi connectivity index (χ0n) is 13.8. The van der Waals surface area contributed by atoms with Crippen molar-refractivity contribution in [3.8, 4) is 0 Å². The number of carbonyl (C=O) groups is 1. The molecular weight excluding hydrogens is 308 g/mol. The minimum atomic E-state index is -0.0615. The van der Waals surface area contributed by atoms with E-state index in [9.17, 15) is 4.79 Å². The predicted molar refractivity (Wildman–Crippen MR) is 96.9 cm³/mol. The summed E-state index contributed by atoms with van der Waals surface area (Å²) >= 11 is 6.08. The molecule has 122 valence electrons. The van der Waals surface area contributed by atoms with E-state index >= 15 is 0 Å². The van der Waals surface area contributed by atoms with Crippen molar-refractivity contribution in [3.05, 3.63) is 64.7 Å². The number of nitrogens with one attached hydrogen (secondary N) is 2. The fourth-order valence-corrected chi connectivity index (χ4v) is 2.57. The van der Waals surface area contributed by atoms with Gasteiger partial charge in [-0.3, -0.25) is 4.79 Å². The summed E-state index contributed by atoms with van der Waals surface area (Å²) in [6.07, 6.45) is 0. The van der Waals surface area contributed by atoms with Crippen LogP contribution in [0.5, 0.6) is 0 Å². The number of rotatable bonds is 5. The van der Waals surface area contributed by atoms with Gasteiger partial charge in [0.15, 0.2) is 0 Å². The summed E-state index contributed by atoms with van der Waals surface area (Å²) in [5.74, 6) is -0.0615. The van der Waals surface area contributed by atoms with Crippen molar-refractivity contribution in [2.24, 2.45) is 0 Å². The maximum atomic E-state index is 12.0. The summed E-state index contributed by atoms with van der Waals surface area (Å²) in [5, 5.41) is 6.77. The van der Waals surface area contributed by atoms with Gasteiger partial charge in [-0.15, -0.1) is 0 Å². The van der Waals surface area contributed by atoms with Crippen LogP contribution < -0.4 is 10.6 Å². The molecule has 3 nitrogen and oxygen atoms in total. The first-order valence-electron chi connectivity index (χ1n) is 7.71. The molecule has 0 heterocycles. The van der Waals surface area contributed by atoms with Crippen LogP contribution in [0, 0.1) is 0 Å². The van der Waals surface area contributed by atoms with E-state index in [-0.39, 0.29) is 17.9 Å². The molecule has 0 aliphatic rings. The van der Waals surface area contributed by atoms with Crippen LogP contribution in [0.1, 0.15) is 31.9 Å². The van der Waals surface area contributed by atoms with Gasteiger partial charge >= 0.3 is 0 Å². The number of amides is 1. The van der Waals surface area contributed by atoms with Gasteiger partial charge in [-0.25, -0.2) is 0 Å². The summed E-state index contributed by atoms with van der Waals surface area (Å²) in [6, 6.07) is 15.6. The smallest absolute Gasteiger partial charge is 0.239 e. The van der Waals surface area contributed by atoms with Crippen molar-refractivity contribution in [2.75, 3.05) is 11.9 Å². The summed E-state index contributed by atoms with van der Waals surface area (Å²) in [4.78, 5) is 12.0. The molecule has 2 aromatic rings. The van der Waals surface area contributed by atoms with E-state index in [1.807, 2.05) is 42.5 Å². The van der Waals surface area contributed by atoms with Gasteiger partial charge in [0.25, 0.3) is 0 Å². The largest absolute Gasteiger partial charge is 0.376 e. The third kappa shape index (κ3) is 5.00. The second kappa shape index (κ2) is 7.51. The summed E-state index contributed by atoms with van der Waals surface area (Å²) < 4.78 is 0. The van der Waals surface area contributed by atoms with E-state index in [0.717, 1.165) is 11.3 Å². The molecule has 0 bridgehead atoms. The Labute approximate surface area is 143 Å². The average Bonchev–Trinajstić information content (AvgIpc) is 2.51. The molecule has 1 amide bonds. The van der Waals surface area contributed by atoms with Gasteiger partial charge in [0, 0.05) is 17.3 Å². The summed E-state index contributed by atoms with van der Waals surface area (Å²) in [6.45, 7) is 7.14. The van der Waals surface area contributed by atoms with Gasteiger partial charge in [0.1, 0.15) is 0 Å². The highest BCUT2D eigenvalue weighted by Crippen LogP contribution is 2.28. The van der Waals surface area contributed by atoms with Gasteiger partial charge in [0.05, 0.1) is 6.54 Å². The van der Waals surface area contributed by atoms with E-state index < -0.39 is 0 Å². The van der Waals surface area contributed by atoms with Crippen LogP contribution in [-0.4, -0.2) is 12.5 Å². The van der Waals surface area contributed by atoms with Gasteiger partial charge in [-0.05, 0) is 28.7 Å². The molecule has 0 atom stereocenters. The van der Waals surface area contributed by atoms with Gasteiger partial charge in [-0.2, -0.15) is 0 Å². The molecule has 0 spiro atoms. The first-order chi connectivity index (χ1) is 10.9. The van der Waals surface area contributed by atoms with Gasteiger partial charge in [-0.1, -0.05) is 68.8 Å². The van der Waals surface area contributed by atoms with Crippen LogP contribution in [0.15, 0.2) is 48.5 Å². The molecule has 0 saturated carbocycles. The number of anilines is 1. The van der Waals surface area contributed by atoms with Crippen LogP contribution in [0.3, 0.4) is 0 Å². The van der Waals surface area contributed by atoms with Crippen LogP contribution in [0.2, 0.25) is 5.02 Å². The zero-order valence-corrected chi connectivity index (χ0v) is 14.6. The number of para-hydroxylation sites is 1. The number of carbonyl (C=O) groups excluding carboxylic acids is 1. The first-order valence-corrected chi connectivity index (χ1v) is 8.09. The van der Waals surface area contributed by atoms with Gasteiger partial charge in [0.2, 0.25) is 5.91 Å². The topological polar surface area (TPSA) is 41.1 Å². The zero-order chi connectivity index (χ0) is 16.9. The highest BCUT2D eigenvalue weighted by atomic mass is 35.5. The Morgan fingerprint density at radius 2 is 1.70 bits per heavy atom.